The molecule has 1 aliphatic heterocycles. The van der Waals surface area contributed by atoms with Gasteiger partial charge in [-0.25, -0.2) is 0 Å². The third-order valence-electron chi connectivity index (χ3n) is 3.67. The Hall–Kier alpha value is -2.05. The van der Waals surface area contributed by atoms with Crippen LogP contribution in [-0.2, 0) is 0 Å². The summed E-state index contributed by atoms with van der Waals surface area (Å²) >= 11 is 0. The van der Waals surface area contributed by atoms with Crippen LogP contribution in [0.2, 0.25) is 0 Å². The minimum Gasteiger partial charge on any atom is -0.485 e. The maximum absolute atomic E-state index is 12.6. The maximum Gasteiger partial charge on any atom is 0.255 e. The van der Waals surface area contributed by atoms with Crippen LogP contribution in [0.5, 0.6) is 11.5 Å². The van der Waals surface area contributed by atoms with Crippen molar-refractivity contribution < 1.29 is 14.3 Å². The molecule has 6 nitrogen and oxygen atoms in total. The highest BCUT2D eigenvalue weighted by atomic mass is 35.5. The van der Waals surface area contributed by atoms with Gasteiger partial charge >= 0.3 is 0 Å². The fourth-order valence-electron chi connectivity index (χ4n) is 2.53. The van der Waals surface area contributed by atoms with E-state index in [1.54, 1.807) is 12.1 Å². The van der Waals surface area contributed by atoms with Gasteiger partial charge in [-0.3, -0.25) is 4.79 Å². The van der Waals surface area contributed by atoms with E-state index in [-0.39, 0.29) is 36.8 Å². The number of halogens is 2. The number of anilines is 1. The summed E-state index contributed by atoms with van der Waals surface area (Å²) in [5.74, 6) is 0.667. The molecule has 0 saturated heterocycles. The molecule has 0 radical (unpaired) electrons. The van der Waals surface area contributed by atoms with E-state index in [2.05, 4.69) is 10.3 Å². The van der Waals surface area contributed by atoms with Crippen LogP contribution >= 0.6 is 24.8 Å². The molecule has 0 saturated carbocycles. The number of hydrogen-bond acceptors (Lipinski definition) is 4. The van der Waals surface area contributed by atoms with Gasteiger partial charge in [-0.05, 0) is 30.7 Å². The number of carbonyl (C=O) groups is 1. The quantitative estimate of drug-likeness (QED) is 0.718. The van der Waals surface area contributed by atoms with Crippen LogP contribution in [0.1, 0.15) is 35.4 Å². The molecule has 2 heterocycles. The summed E-state index contributed by atoms with van der Waals surface area (Å²) in [5, 5.41) is 3.01. The highest BCUT2D eigenvalue weighted by Gasteiger charge is 2.24. The molecule has 4 N–H and O–H groups in total. The van der Waals surface area contributed by atoms with Crippen LogP contribution in [0.25, 0.3) is 0 Å². The summed E-state index contributed by atoms with van der Waals surface area (Å²) in [6.07, 6.45) is 2.62. The smallest absolute Gasteiger partial charge is 0.255 e. The Morgan fingerprint density at radius 1 is 1.25 bits per heavy atom. The number of nitrogens with two attached hydrogens (primary N) is 1. The molecule has 2 aromatic rings. The molecule has 0 bridgehead atoms. The number of amides is 1. The third kappa shape index (κ3) is 3.88. The molecule has 1 amide bonds. The Kier molecular flexibility index (Phi) is 7.25. The molecule has 1 aliphatic rings. The summed E-state index contributed by atoms with van der Waals surface area (Å²) in [5.41, 5.74) is 7.76. The van der Waals surface area contributed by atoms with Crippen LogP contribution in [-0.4, -0.2) is 24.1 Å². The molecule has 0 spiro atoms. The van der Waals surface area contributed by atoms with Crippen molar-refractivity contribution in [1.29, 1.82) is 0 Å². The first-order valence-electron chi connectivity index (χ1n) is 7.33. The van der Waals surface area contributed by atoms with Crippen molar-refractivity contribution in [2.45, 2.75) is 19.4 Å². The summed E-state index contributed by atoms with van der Waals surface area (Å²) in [6.45, 7) is 2.86. The zero-order valence-corrected chi connectivity index (χ0v) is 14.8. The van der Waals surface area contributed by atoms with E-state index in [1.807, 2.05) is 25.3 Å². The predicted octanol–water partition coefficient (Wildman–Crippen LogP) is 3.09. The van der Waals surface area contributed by atoms with Crippen LogP contribution < -0.4 is 20.5 Å². The number of hydrogen-bond donors (Lipinski definition) is 3. The predicted molar refractivity (Wildman–Crippen MR) is 97.6 cm³/mol. The van der Waals surface area contributed by atoms with Gasteiger partial charge in [0.25, 0.3) is 5.91 Å². The average Bonchev–Trinajstić information content (AvgIpc) is 3.07. The normalized spacial score (nSPS) is 13.2. The Bertz CT molecular complexity index is 677. The first-order chi connectivity index (χ1) is 10.7. The number of ether oxygens (including phenoxy) is 2. The van der Waals surface area contributed by atoms with E-state index in [4.69, 9.17) is 15.2 Å². The number of nitrogens with one attached hydrogen (secondary N) is 2. The van der Waals surface area contributed by atoms with E-state index >= 15 is 0 Å². The summed E-state index contributed by atoms with van der Waals surface area (Å²) in [6, 6.07) is 7.11. The number of nitrogen functional groups attached to an aromatic ring is 1. The Morgan fingerprint density at radius 2 is 1.96 bits per heavy atom. The second kappa shape index (κ2) is 8.70. The van der Waals surface area contributed by atoms with Gasteiger partial charge in [0.15, 0.2) is 11.5 Å². The highest BCUT2D eigenvalue weighted by molar-refractivity contribution is 5.99. The molecular formula is C16H21Cl2N3O3. The summed E-state index contributed by atoms with van der Waals surface area (Å²) in [7, 11) is 0. The van der Waals surface area contributed by atoms with E-state index in [9.17, 15) is 4.79 Å². The minimum atomic E-state index is -0.205. The zero-order chi connectivity index (χ0) is 15.5. The molecule has 0 fully saturated rings. The monoisotopic (exact) mass is 373 g/mol. The lowest BCUT2D eigenvalue weighted by atomic mass is 10.1. The van der Waals surface area contributed by atoms with Crippen LogP contribution in [0.4, 0.5) is 5.69 Å². The zero-order valence-electron chi connectivity index (χ0n) is 13.2. The topological polar surface area (TPSA) is 89.4 Å². The molecule has 24 heavy (non-hydrogen) atoms. The van der Waals surface area contributed by atoms with E-state index < -0.39 is 0 Å². The molecule has 0 aliphatic carbocycles. The highest BCUT2D eigenvalue weighted by Crippen LogP contribution is 2.39. The standard InChI is InChI=1S/C16H19N3O3.2ClH/c1-2-12(13-4-3-7-18-13)19-16(20)10-5-6-11(17)15-14(10)21-8-9-22-15;;/h3-7,12,18H,2,8-9,17H2,1H3,(H,19,20);2*1H. The Balaban J connectivity index is 0.00000144. The maximum atomic E-state index is 12.6. The van der Waals surface area contributed by atoms with E-state index in [0.29, 0.717) is 36.0 Å². The molecule has 3 rings (SSSR count). The number of H-pyrrole nitrogens is 1. The molecule has 1 aromatic carbocycles. The number of benzene rings is 1. The van der Waals surface area contributed by atoms with Crippen LogP contribution in [0.3, 0.4) is 0 Å². The minimum absolute atomic E-state index is 0. The van der Waals surface area contributed by atoms with Crippen molar-refractivity contribution in [3.05, 3.63) is 41.7 Å². The van der Waals surface area contributed by atoms with Crippen molar-refractivity contribution >= 4 is 36.4 Å². The van der Waals surface area contributed by atoms with Gasteiger partial charge in [0.2, 0.25) is 0 Å². The molecular weight excluding hydrogens is 353 g/mol. The van der Waals surface area contributed by atoms with E-state index in [1.165, 1.54) is 0 Å². The molecule has 132 valence electrons. The van der Waals surface area contributed by atoms with Gasteiger partial charge in [-0.1, -0.05) is 6.92 Å². The fraction of sp³-hybridized carbons (Fsp3) is 0.312. The van der Waals surface area contributed by atoms with Gasteiger partial charge in [0.1, 0.15) is 13.2 Å². The van der Waals surface area contributed by atoms with Crippen LogP contribution in [0.15, 0.2) is 30.5 Å². The van der Waals surface area contributed by atoms with Gasteiger partial charge in [-0.15, -0.1) is 24.8 Å². The van der Waals surface area contributed by atoms with Crippen molar-refractivity contribution in [2.75, 3.05) is 18.9 Å². The number of carbonyl (C=O) groups excluding carboxylic acids is 1. The lowest BCUT2D eigenvalue weighted by molar-refractivity contribution is 0.0924. The molecule has 1 aromatic heterocycles. The fourth-order valence-corrected chi connectivity index (χ4v) is 2.53. The van der Waals surface area contributed by atoms with Crippen molar-refractivity contribution in [3.63, 3.8) is 0 Å². The largest absolute Gasteiger partial charge is 0.485 e. The second-order valence-electron chi connectivity index (χ2n) is 5.12. The lowest BCUT2D eigenvalue weighted by Crippen LogP contribution is -2.29. The van der Waals surface area contributed by atoms with Crippen molar-refractivity contribution in [3.8, 4) is 11.5 Å². The summed E-state index contributed by atoms with van der Waals surface area (Å²) < 4.78 is 11.1. The Morgan fingerprint density at radius 3 is 2.58 bits per heavy atom. The third-order valence-corrected chi connectivity index (χ3v) is 3.67. The SMILES string of the molecule is CCC(NC(=O)c1ccc(N)c2c1OCCO2)c1ccc[nH]1.Cl.Cl. The number of fused-ring (bicyclic) bond motifs is 1. The lowest BCUT2D eigenvalue weighted by Gasteiger charge is -2.23. The average molecular weight is 374 g/mol. The van der Waals surface area contributed by atoms with Crippen LogP contribution in [0, 0.1) is 0 Å². The molecule has 8 heteroatoms. The number of aromatic nitrogens is 1. The first-order valence-corrected chi connectivity index (χ1v) is 7.33. The molecule has 1 unspecified atom stereocenters. The number of aromatic amines is 1. The summed E-state index contributed by atoms with van der Waals surface area (Å²) in [4.78, 5) is 15.7. The molecule has 1 atom stereocenters. The van der Waals surface area contributed by atoms with E-state index in [0.717, 1.165) is 12.1 Å². The van der Waals surface area contributed by atoms with Gasteiger partial charge in [0.05, 0.1) is 17.3 Å². The van der Waals surface area contributed by atoms with Gasteiger partial charge < -0.3 is 25.5 Å². The van der Waals surface area contributed by atoms with Crippen molar-refractivity contribution in [2.24, 2.45) is 0 Å². The van der Waals surface area contributed by atoms with Gasteiger partial charge in [0, 0.05) is 11.9 Å². The van der Waals surface area contributed by atoms with Gasteiger partial charge in [-0.2, -0.15) is 0 Å². The second-order valence-corrected chi connectivity index (χ2v) is 5.12. The Labute approximate surface area is 152 Å². The van der Waals surface area contributed by atoms with Crippen molar-refractivity contribution in [1.82, 2.24) is 10.3 Å². The first kappa shape index (κ1) is 20.0. The number of rotatable bonds is 4.